The number of piperidine rings is 1. The van der Waals surface area contributed by atoms with Gasteiger partial charge in [0.15, 0.2) is 0 Å². The van der Waals surface area contributed by atoms with Gasteiger partial charge >= 0.3 is 0 Å². The first-order chi connectivity index (χ1) is 15.3. The van der Waals surface area contributed by atoms with Crippen LogP contribution in [-0.4, -0.2) is 46.8 Å². The monoisotopic (exact) mass is 438 g/mol. The highest BCUT2D eigenvalue weighted by molar-refractivity contribution is 5.92. The fourth-order valence-electron chi connectivity index (χ4n) is 5.24. The molecule has 7 heteroatoms. The molecule has 2 heterocycles. The zero-order valence-electron chi connectivity index (χ0n) is 19.1. The molecule has 0 atom stereocenters. The molecule has 6 nitrogen and oxygen atoms in total. The Hall–Kier alpha value is -2.83. The molecule has 0 spiro atoms. The number of likely N-dealkylation sites (tertiary alicyclic amines) is 1. The van der Waals surface area contributed by atoms with E-state index in [-0.39, 0.29) is 23.0 Å². The van der Waals surface area contributed by atoms with Crippen LogP contribution in [0.2, 0.25) is 0 Å². The van der Waals surface area contributed by atoms with Gasteiger partial charge in [-0.1, -0.05) is 38.0 Å². The highest BCUT2D eigenvalue weighted by Crippen LogP contribution is 2.45. The minimum atomic E-state index is -0.759. The highest BCUT2D eigenvalue weighted by Gasteiger charge is 2.48. The standard InChI is InChI=1S/C25H31FN4O2/c1-17-16-20(21(31)27-3)29-22(28-17)24(2)12-14-30(15-13-24)23(32)25(10-6-7-11-25)18-8-4-5-9-19(18)26/h4-5,8-9,16H,6-7,10-15H2,1-3H3,(H,27,31). The average molecular weight is 439 g/mol. The van der Waals surface area contributed by atoms with Gasteiger partial charge in [-0.05, 0) is 44.7 Å². The molecule has 2 amide bonds. The summed E-state index contributed by atoms with van der Waals surface area (Å²) in [7, 11) is 1.58. The lowest BCUT2D eigenvalue weighted by Crippen LogP contribution is -2.51. The molecular formula is C25H31FN4O2. The number of aromatic nitrogens is 2. The molecule has 1 aromatic heterocycles. The Morgan fingerprint density at radius 3 is 2.34 bits per heavy atom. The summed E-state index contributed by atoms with van der Waals surface area (Å²) in [5.41, 5.74) is 0.558. The van der Waals surface area contributed by atoms with Gasteiger partial charge in [0.1, 0.15) is 17.3 Å². The van der Waals surface area contributed by atoms with Crippen LogP contribution in [0.15, 0.2) is 30.3 Å². The lowest BCUT2D eigenvalue weighted by molar-refractivity contribution is -0.139. The van der Waals surface area contributed by atoms with E-state index in [1.54, 1.807) is 25.2 Å². The molecule has 0 bridgehead atoms. The first kappa shape index (κ1) is 22.4. The van der Waals surface area contributed by atoms with Gasteiger partial charge in [0.2, 0.25) is 5.91 Å². The molecule has 1 aliphatic carbocycles. The molecule has 1 saturated heterocycles. The number of carbonyl (C=O) groups is 2. The van der Waals surface area contributed by atoms with Crippen molar-refractivity contribution < 1.29 is 14.0 Å². The first-order valence-corrected chi connectivity index (χ1v) is 11.4. The fourth-order valence-corrected chi connectivity index (χ4v) is 5.24. The van der Waals surface area contributed by atoms with Crippen molar-refractivity contribution in [2.75, 3.05) is 20.1 Å². The van der Waals surface area contributed by atoms with E-state index in [4.69, 9.17) is 0 Å². The number of nitrogens with zero attached hydrogens (tertiary/aromatic N) is 3. The zero-order valence-corrected chi connectivity index (χ0v) is 19.1. The van der Waals surface area contributed by atoms with E-state index in [0.717, 1.165) is 18.5 Å². The predicted octanol–water partition coefficient (Wildman–Crippen LogP) is 3.68. The Kier molecular flexibility index (Phi) is 6.01. The van der Waals surface area contributed by atoms with Crippen molar-refractivity contribution in [2.45, 2.75) is 63.2 Å². The molecule has 1 aliphatic heterocycles. The van der Waals surface area contributed by atoms with Crippen LogP contribution < -0.4 is 5.32 Å². The van der Waals surface area contributed by atoms with Crippen molar-refractivity contribution in [1.29, 1.82) is 0 Å². The molecule has 0 unspecified atom stereocenters. The number of rotatable bonds is 4. The number of carbonyl (C=O) groups excluding carboxylic acids is 2. The van der Waals surface area contributed by atoms with Gasteiger partial charge in [-0.15, -0.1) is 0 Å². The Labute approximate surface area is 188 Å². The maximum Gasteiger partial charge on any atom is 0.269 e. The summed E-state index contributed by atoms with van der Waals surface area (Å²) in [6, 6.07) is 8.40. The van der Waals surface area contributed by atoms with E-state index in [1.165, 1.54) is 6.07 Å². The Morgan fingerprint density at radius 2 is 1.72 bits per heavy atom. The van der Waals surface area contributed by atoms with Crippen LogP contribution in [0, 0.1) is 12.7 Å². The van der Waals surface area contributed by atoms with Crippen LogP contribution in [0.4, 0.5) is 4.39 Å². The Bertz CT molecular complexity index is 1020. The van der Waals surface area contributed by atoms with Crippen molar-refractivity contribution in [2.24, 2.45) is 0 Å². The summed E-state index contributed by atoms with van der Waals surface area (Å²) in [4.78, 5) is 36.9. The lowest BCUT2D eigenvalue weighted by Gasteiger charge is -2.42. The highest BCUT2D eigenvalue weighted by atomic mass is 19.1. The molecule has 170 valence electrons. The largest absolute Gasteiger partial charge is 0.354 e. The number of halogens is 1. The van der Waals surface area contributed by atoms with Crippen LogP contribution >= 0.6 is 0 Å². The predicted molar refractivity (Wildman–Crippen MR) is 120 cm³/mol. The number of hydrogen-bond donors (Lipinski definition) is 1. The van der Waals surface area contributed by atoms with Crippen molar-refractivity contribution in [3.05, 3.63) is 58.9 Å². The number of nitrogens with one attached hydrogen (secondary N) is 1. The van der Waals surface area contributed by atoms with Crippen molar-refractivity contribution in [1.82, 2.24) is 20.2 Å². The SMILES string of the molecule is CNC(=O)c1cc(C)nc(C2(C)CCN(C(=O)C3(c4ccccc4F)CCCC3)CC2)n1. The summed E-state index contributed by atoms with van der Waals surface area (Å²) in [6.07, 6.45) is 4.65. The molecule has 4 rings (SSSR count). The summed E-state index contributed by atoms with van der Waals surface area (Å²) in [5.74, 6) is 0.159. The Balaban J connectivity index is 1.56. The van der Waals surface area contributed by atoms with Crippen molar-refractivity contribution >= 4 is 11.8 Å². The maximum atomic E-state index is 14.7. The number of amides is 2. The number of hydrogen-bond acceptors (Lipinski definition) is 4. The summed E-state index contributed by atoms with van der Waals surface area (Å²) in [6.45, 7) is 5.09. The second kappa shape index (κ2) is 8.60. The van der Waals surface area contributed by atoms with Crippen LogP contribution in [0.25, 0.3) is 0 Å². The van der Waals surface area contributed by atoms with E-state index in [1.807, 2.05) is 17.9 Å². The van der Waals surface area contributed by atoms with Gasteiger partial charge in [-0.2, -0.15) is 0 Å². The maximum absolute atomic E-state index is 14.7. The van der Waals surface area contributed by atoms with Gasteiger partial charge in [0.05, 0.1) is 5.41 Å². The summed E-state index contributed by atoms with van der Waals surface area (Å²) < 4.78 is 14.7. The van der Waals surface area contributed by atoms with Crippen molar-refractivity contribution in [3.8, 4) is 0 Å². The van der Waals surface area contributed by atoms with Crippen LogP contribution in [0.1, 0.15) is 73.0 Å². The van der Waals surface area contributed by atoms with Crippen LogP contribution in [0.5, 0.6) is 0 Å². The molecule has 1 aromatic carbocycles. The van der Waals surface area contributed by atoms with E-state index in [2.05, 4.69) is 22.2 Å². The molecule has 32 heavy (non-hydrogen) atoms. The molecular weight excluding hydrogens is 407 g/mol. The van der Waals surface area contributed by atoms with Gasteiger partial charge in [-0.3, -0.25) is 9.59 Å². The Morgan fingerprint density at radius 1 is 1.06 bits per heavy atom. The quantitative estimate of drug-likeness (QED) is 0.790. The van der Waals surface area contributed by atoms with Crippen LogP contribution in [-0.2, 0) is 15.6 Å². The summed E-state index contributed by atoms with van der Waals surface area (Å²) >= 11 is 0. The molecule has 2 aliphatic rings. The molecule has 0 radical (unpaired) electrons. The van der Waals surface area contributed by atoms with E-state index in [0.29, 0.717) is 55.9 Å². The zero-order chi connectivity index (χ0) is 22.9. The third-order valence-electron chi connectivity index (χ3n) is 7.26. The number of aryl methyl sites for hydroxylation is 1. The number of benzene rings is 1. The lowest BCUT2D eigenvalue weighted by atomic mass is 9.75. The second-order valence-corrected chi connectivity index (χ2v) is 9.42. The molecule has 2 fully saturated rings. The second-order valence-electron chi connectivity index (χ2n) is 9.42. The first-order valence-electron chi connectivity index (χ1n) is 11.4. The molecule has 2 aromatic rings. The van der Waals surface area contributed by atoms with Gasteiger partial charge in [0, 0.05) is 36.8 Å². The third kappa shape index (κ3) is 3.89. The third-order valence-corrected chi connectivity index (χ3v) is 7.26. The van der Waals surface area contributed by atoms with E-state index in [9.17, 15) is 14.0 Å². The van der Waals surface area contributed by atoms with E-state index < -0.39 is 5.41 Å². The minimum Gasteiger partial charge on any atom is -0.354 e. The normalized spacial score (nSPS) is 19.6. The van der Waals surface area contributed by atoms with Crippen molar-refractivity contribution in [3.63, 3.8) is 0 Å². The smallest absolute Gasteiger partial charge is 0.269 e. The fraction of sp³-hybridized carbons (Fsp3) is 0.520. The van der Waals surface area contributed by atoms with Crippen LogP contribution in [0.3, 0.4) is 0 Å². The molecule has 1 saturated carbocycles. The summed E-state index contributed by atoms with van der Waals surface area (Å²) in [5, 5.41) is 2.62. The van der Waals surface area contributed by atoms with Gasteiger partial charge < -0.3 is 10.2 Å². The topological polar surface area (TPSA) is 75.2 Å². The van der Waals surface area contributed by atoms with E-state index >= 15 is 0 Å². The molecule has 1 N–H and O–H groups in total. The van der Waals surface area contributed by atoms with Gasteiger partial charge in [0.25, 0.3) is 5.91 Å². The minimum absolute atomic E-state index is 0.0401. The van der Waals surface area contributed by atoms with Gasteiger partial charge in [-0.25, -0.2) is 14.4 Å². The average Bonchev–Trinajstić information content (AvgIpc) is 3.29.